The highest BCUT2D eigenvalue weighted by atomic mass is 16.2. The normalized spacial score (nSPS) is 25.2. The van der Waals surface area contributed by atoms with Crippen LogP contribution in [0.2, 0.25) is 0 Å². The SMILES string of the molecule is C=C[C@@H](C)NC(=O)[C@H]1CCC[C@H]1C(=O)N[C@@H](C)C=C. The number of hydrogen-bond donors (Lipinski definition) is 2. The Morgan fingerprint density at radius 3 is 1.68 bits per heavy atom. The summed E-state index contributed by atoms with van der Waals surface area (Å²) in [5, 5.41) is 5.73. The van der Waals surface area contributed by atoms with E-state index in [0.29, 0.717) is 0 Å². The lowest BCUT2D eigenvalue weighted by atomic mass is 9.93. The molecular weight excluding hydrogens is 240 g/mol. The van der Waals surface area contributed by atoms with Crippen LogP contribution in [0, 0.1) is 11.8 Å². The highest BCUT2D eigenvalue weighted by Crippen LogP contribution is 2.32. The second-order valence-electron chi connectivity index (χ2n) is 5.21. The van der Waals surface area contributed by atoms with E-state index in [1.807, 2.05) is 13.8 Å². The topological polar surface area (TPSA) is 58.2 Å². The number of nitrogens with one attached hydrogen (secondary N) is 2. The molecule has 19 heavy (non-hydrogen) atoms. The van der Waals surface area contributed by atoms with Crippen LogP contribution in [0.3, 0.4) is 0 Å². The Hall–Kier alpha value is -1.58. The highest BCUT2D eigenvalue weighted by Gasteiger charge is 2.37. The first-order valence-corrected chi connectivity index (χ1v) is 6.85. The first kappa shape index (κ1) is 15.5. The molecular formula is C15H24N2O2. The van der Waals surface area contributed by atoms with Crippen LogP contribution in [-0.4, -0.2) is 23.9 Å². The maximum atomic E-state index is 12.1. The Balaban J connectivity index is 2.62. The van der Waals surface area contributed by atoms with Crippen molar-refractivity contribution >= 4 is 11.8 Å². The third-order valence-corrected chi connectivity index (χ3v) is 3.64. The van der Waals surface area contributed by atoms with E-state index in [1.165, 1.54) is 0 Å². The van der Waals surface area contributed by atoms with E-state index in [4.69, 9.17) is 0 Å². The molecule has 0 heterocycles. The third kappa shape index (κ3) is 4.23. The van der Waals surface area contributed by atoms with Crippen molar-refractivity contribution in [2.24, 2.45) is 11.8 Å². The van der Waals surface area contributed by atoms with Crippen molar-refractivity contribution < 1.29 is 9.59 Å². The van der Waals surface area contributed by atoms with Gasteiger partial charge in [-0.2, -0.15) is 0 Å². The zero-order valence-electron chi connectivity index (χ0n) is 11.8. The molecule has 4 nitrogen and oxygen atoms in total. The van der Waals surface area contributed by atoms with Gasteiger partial charge in [-0.3, -0.25) is 9.59 Å². The van der Waals surface area contributed by atoms with Crippen molar-refractivity contribution in [1.82, 2.24) is 10.6 Å². The molecule has 0 unspecified atom stereocenters. The molecule has 2 amide bonds. The molecule has 0 aromatic heterocycles. The van der Waals surface area contributed by atoms with Crippen molar-refractivity contribution in [2.45, 2.75) is 45.2 Å². The average Bonchev–Trinajstić information content (AvgIpc) is 2.87. The molecule has 4 heteroatoms. The predicted octanol–water partition coefficient (Wildman–Crippen LogP) is 1.78. The summed E-state index contributed by atoms with van der Waals surface area (Å²) in [5.41, 5.74) is 0. The summed E-state index contributed by atoms with van der Waals surface area (Å²) in [4.78, 5) is 24.3. The molecule has 1 rings (SSSR count). The van der Waals surface area contributed by atoms with Gasteiger partial charge in [0.25, 0.3) is 0 Å². The van der Waals surface area contributed by atoms with Gasteiger partial charge in [0.1, 0.15) is 0 Å². The van der Waals surface area contributed by atoms with E-state index in [9.17, 15) is 9.59 Å². The van der Waals surface area contributed by atoms with Gasteiger partial charge in [-0.15, -0.1) is 13.2 Å². The Morgan fingerprint density at radius 2 is 1.37 bits per heavy atom. The summed E-state index contributed by atoms with van der Waals surface area (Å²) in [6.07, 6.45) is 5.83. The third-order valence-electron chi connectivity index (χ3n) is 3.64. The Kier molecular flexibility index (Phi) is 5.80. The molecule has 0 saturated heterocycles. The lowest BCUT2D eigenvalue weighted by Crippen LogP contribution is -2.43. The lowest BCUT2D eigenvalue weighted by molar-refractivity contribution is -0.134. The Bertz CT molecular complexity index is 331. The zero-order chi connectivity index (χ0) is 14.4. The summed E-state index contributed by atoms with van der Waals surface area (Å²) < 4.78 is 0. The summed E-state index contributed by atoms with van der Waals surface area (Å²) in [6.45, 7) is 11.0. The minimum absolute atomic E-state index is 0.0451. The maximum absolute atomic E-state index is 12.1. The van der Waals surface area contributed by atoms with Crippen molar-refractivity contribution in [1.29, 1.82) is 0 Å². The monoisotopic (exact) mass is 264 g/mol. The number of carbonyl (C=O) groups excluding carboxylic acids is 2. The first-order chi connectivity index (χ1) is 8.99. The van der Waals surface area contributed by atoms with E-state index < -0.39 is 0 Å². The van der Waals surface area contributed by atoms with Gasteiger partial charge >= 0.3 is 0 Å². The largest absolute Gasteiger partial charge is 0.350 e. The molecule has 106 valence electrons. The van der Waals surface area contributed by atoms with Gasteiger partial charge < -0.3 is 10.6 Å². The fraction of sp³-hybridized carbons (Fsp3) is 0.600. The first-order valence-electron chi connectivity index (χ1n) is 6.85. The van der Waals surface area contributed by atoms with Gasteiger partial charge in [0, 0.05) is 23.9 Å². The van der Waals surface area contributed by atoms with Gasteiger partial charge in [-0.25, -0.2) is 0 Å². The Morgan fingerprint density at radius 1 is 1.00 bits per heavy atom. The van der Waals surface area contributed by atoms with E-state index in [2.05, 4.69) is 23.8 Å². The van der Waals surface area contributed by atoms with Crippen LogP contribution in [0.5, 0.6) is 0 Å². The van der Waals surface area contributed by atoms with Crippen molar-refractivity contribution in [2.75, 3.05) is 0 Å². The summed E-state index contributed by atoms with van der Waals surface area (Å²) in [6, 6.07) is -0.132. The van der Waals surface area contributed by atoms with Crippen LogP contribution in [0.25, 0.3) is 0 Å². The zero-order valence-corrected chi connectivity index (χ0v) is 11.8. The van der Waals surface area contributed by atoms with Crippen LogP contribution < -0.4 is 10.6 Å². The molecule has 0 spiro atoms. The molecule has 2 N–H and O–H groups in total. The number of rotatable bonds is 6. The minimum atomic E-state index is -0.223. The van der Waals surface area contributed by atoms with Crippen molar-refractivity contribution in [3.05, 3.63) is 25.3 Å². The fourth-order valence-electron chi connectivity index (χ4n) is 2.37. The lowest BCUT2D eigenvalue weighted by Gasteiger charge is -2.21. The molecule has 1 fully saturated rings. The molecule has 1 saturated carbocycles. The molecule has 0 aromatic carbocycles. The number of carbonyl (C=O) groups is 2. The number of hydrogen-bond acceptors (Lipinski definition) is 2. The van der Waals surface area contributed by atoms with Crippen LogP contribution in [0.4, 0.5) is 0 Å². The summed E-state index contributed by atoms with van der Waals surface area (Å²) in [5.74, 6) is -0.536. The number of amides is 2. The van der Waals surface area contributed by atoms with E-state index in [0.717, 1.165) is 19.3 Å². The summed E-state index contributed by atoms with van der Waals surface area (Å²) in [7, 11) is 0. The summed E-state index contributed by atoms with van der Waals surface area (Å²) >= 11 is 0. The standard InChI is InChI=1S/C15H24N2O2/c1-5-10(3)16-14(18)12-8-7-9-13(12)15(19)17-11(4)6-2/h5-6,10-13H,1-2,7-9H2,3-4H3,(H,16,18)(H,17,19)/t10-,11+,12+,13-. The molecule has 1 aliphatic rings. The maximum Gasteiger partial charge on any atom is 0.224 e. The quantitative estimate of drug-likeness (QED) is 0.719. The second-order valence-corrected chi connectivity index (χ2v) is 5.21. The molecule has 0 aliphatic heterocycles. The highest BCUT2D eigenvalue weighted by molar-refractivity contribution is 5.88. The molecule has 0 radical (unpaired) electrons. The molecule has 0 bridgehead atoms. The van der Waals surface area contributed by atoms with E-state index >= 15 is 0 Å². The van der Waals surface area contributed by atoms with Gasteiger partial charge in [0.15, 0.2) is 0 Å². The van der Waals surface area contributed by atoms with Crippen LogP contribution in [0.15, 0.2) is 25.3 Å². The van der Waals surface area contributed by atoms with Crippen molar-refractivity contribution in [3.63, 3.8) is 0 Å². The van der Waals surface area contributed by atoms with Crippen LogP contribution >= 0.6 is 0 Å². The predicted molar refractivity (Wildman–Crippen MR) is 76.4 cm³/mol. The van der Waals surface area contributed by atoms with Crippen LogP contribution in [-0.2, 0) is 9.59 Å². The Labute approximate surface area is 115 Å². The second kappa shape index (κ2) is 7.12. The molecule has 4 atom stereocenters. The van der Waals surface area contributed by atoms with Crippen molar-refractivity contribution in [3.8, 4) is 0 Å². The fourth-order valence-corrected chi connectivity index (χ4v) is 2.37. The van der Waals surface area contributed by atoms with Gasteiger partial charge in [0.2, 0.25) is 11.8 Å². The minimum Gasteiger partial charge on any atom is -0.350 e. The van der Waals surface area contributed by atoms with Gasteiger partial charge in [-0.05, 0) is 26.7 Å². The van der Waals surface area contributed by atoms with Crippen LogP contribution in [0.1, 0.15) is 33.1 Å². The average molecular weight is 264 g/mol. The van der Waals surface area contributed by atoms with E-state index in [1.54, 1.807) is 12.2 Å². The van der Waals surface area contributed by atoms with Gasteiger partial charge in [-0.1, -0.05) is 18.6 Å². The molecule has 1 aliphatic carbocycles. The smallest absolute Gasteiger partial charge is 0.224 e. The van der Waals surface area contributed by atoms with E-state index in [-0.39, 0.29) is 35.7 Å². The molecule has 0 aromatic rings. The van der Waals surface area contributed by atoms with Gasteiger partial charge in [0.05, 0.1) is 0 Å².